The van der Waals surface area contributed by atoms with Crippen molar-refractivity contribution in [2.75, 3.05) is 0 Å². The lowest BCUT2D eigenvalue weighted by atomic mass is 9.63. The largest absolute Gasteiger partial charge is 0.425 e. The van der Waals surface area contributed by atoms with Crippen molar-refractivity contribution in [3.63, 3.8) is 0 Å². The van der Waals surface area contributed by atoms with Crippen molar-refractivity contribution in [1.82, 2.24) is 4.90 Å². The van der Waals surface area contributed by atoms with E-state index in [-0.39, 0.29) is 41.9 Å². The predicted octanol–water partition coefficient (Wildman–Crippen LogP) is 5.54. The van der Waals surface area contributed by atoms with Gasteiger partial charge in [-0.3, -0.25) is 14.5 Å². The molecule has 0 N–H and O–H groups in total. The molecule has 5 nitrogen and oxygen atoms in total. The van der Waals surface area contributed by atoms with Crippen molar-refractivity contribution >= 4 is 17.8 Å². The maximum Gasteiger partial charge on any atom is 0.335 e. The monoisotopic (exact) mass is 517 g/mol. The average Bonchev–Trinajstić information content (AvgIpc) is 3.73. The standard InChI is InChI=1S/C34H31NO4/c1-19-8-10-22(11-9-19)23-12-15-29(20(2)16-23)39-34(38)28(17-21-6-4-3-5-7-21)35-32(36)30-24-13-14-25(27-18-26(24)27)31(30)33(35)37/h3-16,24-28,30-31H,17-18H2,1-2H3/t24-,25-,26-,27-,28-,30-,31+/m1/s1. The summed E-state index contributed by atoms with van der Waals surface area (Å²) in [5, 5.41) is 0. The minimum atomic E-state index is -1.01. The molecule has 2 saturated carbocycles. The molecule has 3 aromatic carbocycles. The molecule has 0 unspecified atom stereocenters. The molecule has 39 heavy (non-hydrogen) atoms. The number of amides is 2. The lowest BCUT2D eigenvalue weighted by molar-refractivity contribution is -0.153. The molecule has 7 atom stereocenters. The molecule has 8 rings (SSSR count). The van der Waals surface area contributed by atoms with Crippen LogP contribution in [0, 0.1) is 49.4 Å². The zero-order chi connectivity index (χ0) is 26.8. The Bertz CT molecular complexity index is 1470. The Morgan fingerprint density at radius 3 is 2.08 bits per heavy atom. The van der Waals surface area contributed by atoms with Gasteiger partial charge in [-0.2, -0.15) is 0 Å². The molecule has 3 aromatic rings. The van der Waals surface area contributed by atoms with E-state index in [1.165, 1.54) is 10.5 Å². The summed E-state index contributed by atoms with van der Waals surface area (Å²) < 4.78 is 5.95. The van der Waals surface area contributed by atoms with Crippen LogP contribution in [-0.2, 0) is 20.8 Å². The van der Waals surface area contributed by atoms with Crippen molar-refractivity contribution in [3.8, 4) is 16.9 Å². The third-order valence-electron chi connectivity index (χ3n) is 9.32. The molecular weight excluding hydrogens is 486 g/mol. The molecule has 1 aliphatic heterocycles. The normalized spacial score (nSPS) is 28.7. The lowest BCUT2D eigenvalue weighted by Gasteiger charge is -2.37. The molecule has 2 bridgehead atoms. The Balaban J connectivity index is 1.18. The van der Waals surface area contributed by atoms with Crippen LogP contribution in [0.25, 0.3) is 11.1 Å². The van der Waals surface area contributed by atoms with Crippen LogP contribution in [0.5, 0.6) is 5.75 Å². The van der Waals surface area contributed by atoms with Crippen LogP contribution in [0.4, 0.5) is 0 Å². The molecule has 3 fully saturated rings. The van der Waals surface area contributed by atoms with E-state index < -0.39 is 12.0 Å². The minimum absolute atomic E-state index is 0.108. The molecule has 5 aliphatic rings. The van der Waals surface area contributed by atoms with Gasteiger partial charge in [-0.25, -0.2) is 4.79 Å². The number of hydrogen-bond donors (Lipinski definition) is 0. The third kappa shape index (κ3) is 3.94. The number of nitrogens with zero attached hydrogens (tertiary/aromatic N) is 1. The summed E-state index contributed by atoms with van der Waals surface area (Å²) in [4.78, 5) is 42.8. The summed E-state index contributed by atoms with van der Waals surface area (Å²) in [6.07, 6.45) is 5.63. The molecule has 4 aliphatic carbocycles. The Hall–Kier alpha value is -3.99. The molecular formula is C34H31NO4. The van der Waals surface area contributed by atoms with E-state index in [1.54, 1.807) is 6.07 Å². The summed E-state index contributed by atoms with van der Waals surface area (Å²) in [7, 11) is 0. The van der Waals surface area contributed by atoms with E-state index in [4.69, 9.17) is 4.74 Å². The van der Waals surface area contributed by atoms with Crippen molar-refractivity contribution < 1.29 is 19.1 Å². The van der Waals surface area contributed by atoms with Gasteiger partial charge in [0.25, 0.3) is 0 Å². The maximum absolute atomic E-state index is 13.8. The highest BCUT2D eigenvalue weighted by Crippen LogP contribution is 2.65. The van der Waals surface area contributed by atoms with E-state index in [2.05, 4.69) is 43.3 Å². The van der Waals surface area contributed by atoms with Crippen LogP contribution >= 0.6 is 0 Å². The fraction of sp³-hybridized carbons (Fsp3) is 0.324. The van der Waals surface area contributed by atoms with Crippen LogP contribution in [-0.4, -0.2) is 28.7 Å². The molecule has 0 radical (unpaired) electrons. The lowest BCUT2D eigenvalue weighted by Crippen LogP contribution is -2.48. The first-order chi connectivity index (χ1) is 18.9. The van der Waals surface area contributed by atoms with Gasteiger partial charge in [0.05, 0.1) is 11.8 Å². The first-order valence-corrected chi connectivity index (χ1v) is 13.9. The fourth-order valence-corrected chi connectivity index (χ4v) is 7.27. The zero-order valence-corrected chi connectivity index (χ0v) is 22.1. The number of carbonyl (C=O) groups is 3. The summed E-state index contributed by atoms with van der Waals surface area (Å²) in [6, 6.07) is 22.5. The second-order valence-corrected chi connectivity index (χ2v) is 11.7. The van der Waals surface area contributed by atoms with E-state index in [9.17, 15) is 14.4 Å². The highest BCUT2D eigenvalue weighted by atomic mass is 16.5. The van der Waals surface area contributed by atoms with Gasteiger partial charge >= 0.3 is 5.97 Å². The van der Waals surface area contributed by atoms with Crippen molar-refractivity contribution in [3.05, 3.63) is 102 Å². The summed E-state index contributed by atoms with van der Waals surface area (Å²) in [6.45, 7) is 3.96. The van der Waals surface area contributed by atoms with Crippen molar-refractivity contribution in [1.29, 1.82) is 0 Å². The molecule has 0 aromatic heterocycles. The molecule has 1 saturated heterocycles. The number of hydrogen-bond acceptors (Lipinski definition) is 4. The van der Waals surface area contributed by atoms with Crippen molar-refractivity contribution in [2.24, 2.45) is 35.5 Å². The van der Waals surface area contributed by atoms with Crippen LogP contribution in [0.1, 0.15) is 23.1 Å². The number of allylic oxidation sites excluding steroid dienone is 2. The number of esters is 1. The molecule has 0 spiro atoms. The summed E-state index contributed by atoms with van der Waals surface area (Å²) >= 11 is 0. The molecule has 1 heterocycles. The molecule has 5 heteroatoms. The Morgan fingerprint density at radius 2 is 1.46 bits per heavy atom. The van der Waals surface area contributed by atoms with Gasteiger partial charge in [-0.15, -0.1) is 0 Å². The smallest absolute Gasteiger partial charge is 0.335 e. The second kappa shape index (κ2) is 9.04. The van der Waals surface area contributed by atoms with Crippen LogP contribution in [0.3, 0.4) is 0 Å². The molecule has 196 valence electrons. The Labute approximate surface area is 228 Å². The van der Waals surface area contributed by atoms with Gasteiger partial charge in [-0.1, -0.05) is 78.4 Å². The summed E-state index contributed by atoms with van der Waals surface area (Å²) in [5.41, 5.74) is 5.00. The number of ether oxygens (including phenoxy) is 1. The van der Waals surface area contributed by atoms with Crippen LogP contribution in [0.2, 0.25) is 0 Å². The van der Waals surface area contributed by atoms with Crippen molar-refractivity contribution in [2.45, 2.75) is 32.7 Å². The van der Waals surface area contributed by atoms with E-state index >= 15 is 0 Å². The number of aryl methyl sites for hydroxylation is 2. The number of imide groups is 1. The number of likely N-dealkylation sites (tertiary alicyclic amines) is 1. The fourth-order valence-electron chi connectivity index (χ4n) is 7.27. The highest BCUT2D eigenvalue weighted by Gasteiger charge is 2.68. The second-order valence-electron chi connectivity index (χ2n) is 11.7. The molecule has 2 amide bonds. The Kier molecular flexibility index (Phi) is 5.58. The van der Waals surface area contributed by atoms with Gasteiger partial charge in [0.2, 0.25) is 11.8 Å². The maximum atomic E-state index is 13.8. The number of carbonyl (C=O) groups excluding carboxylic acids is 3. The average molecular weight is 518 g/mol. The highest BCUT2D eigenvalue weighted by molar-refractivity contribution is 6.09. The SMILES string of the molecule is Cc1ccc(-c2ccc(OC(=O)[C@@H](Cc3ccccc3)N3C(=O)[C@@H]4[C@@H]5C=C[C@H]([C@H]6C[C@H]56)[C@@H]4C3=O)c(C)c2)cc1. The quantitative estimate of drug-likeness (QED) is 0.186. The third-order valence-corrected chi connectivity index (χ3v) is 9.32. The van der Waals surface area contributed by atoms with E-state index in [0.717, 1.165) is 28.7 Å². The van der Waals surface area contributed by atoms with Crippen LogP contribution in [0.15, 0.2) is 84.9 Å². The van der Waals surface area contributed by atoms with Gasteiger partial charge in [0.1, 0.15) is 11.8 Å². The van der Waals surface area contributed by atoms with Crippen LogP contribution < -0.4 is 4.74 Å². The minimum Gasteiger partial charge on any atom is -0.425 e. The topological polar surface area (TPSA) is 63.7 Å². The Morgan fingerprint density at radius 1 is 0.846 bits per heavy atom. The van der Waals surface area contributed by atoms with Gasteiger partial charge in [0.15, 0.2) is 0 Å². The number of rotatable bonds is 6. The first kappa shape index (κ1) is 24.1. The van der Waals surface area contributed by atoms with Gasteiger partial charge in [0, 0.05) is 6.42 Å². The number of benzene rings is 3. The summed E-state index contributed by atoms with van der Waals surface area (Å²) in [5.74, 6) is -0.0230. The first-order valence-electron chi connectivity index (χ1n) is 13.9. The van der Waals surface area contributed by atoms with E-state index in [0.29, 0.717) is 17.6 Å². The zero-order valence-electron chi connectivity index (χ0n) is 22.1. The predicted molar refractivity (Wildman–Crippen MR) is 147 cm³/mol. The van der Waals surface area contributed by atoms with E-state index in [1.807, 2.05) is 49.4 Å². The van der Waals surface area contributed by atoms with Gasteiger partial charge in [-0.05, 0) is 78.3 Å². The van der Waals surface area contributed by atoms with Gasteiger partial charge < -0.3 is 4.74 Å².